The van der Waals surface area contributed by atoms with Crippen LogP contribution >= 0.6 is 0 Å². The molecule has 3 rings (SSSR count). The number of amides is 2. The minimum Gasteiger partial charge on any atom is -0.349 e. The molecule has 5 heteroatoms. The van der Waals surface area contributed by atoms with Gasteiger partial charge in [0.1, 0.15) is 5.82 Å². The fourth-order valence-electron chi connectivity index (χ4n) is 3.49. The standard InChI is InChI=1S/C22H25FN2O2/c1-22(2,3)13-19(14-7-5-4-6-8-14)25-21(27)17-12-20(26)24-18-11-15(23)9-10-16(17)18/h4-11,17,19H,12-13H2,1-3H3,(H,24,26)(H,25,27). The van der Waals surface area contributed by atoms with Crippen LogP contribution in [-0.4, -0.2) is 11.8 Å². The average Bonchev–Trinajstić information content (AvgIpc) is 2.59. The lowest BCUT2D eigenvalue weighted by Crippen LogP contribution is -2.38. The van der Waals surface area contributed by atoms with Gasteiger partial charge in [0, 0.05) is 12.1 Å². The minimum atomic E-state index is -0.625. The first-order chi connectivity index (χ1) is 12.7. The molecule has 27 heavy (non-hydrogen) atoms. The molecule has 1 heterocycles. The number of hydrogen-bond acceptors (Lipinski definition) is 2. The highest BCUT2D eigenvalue weighted by molar-refractivity contribution is 6.01. The molecule has 2 unspecified atom stereocenters. The topological polar surface area (TPSA) is 58.2 Å². The van der Waals surface area contributed by atoms with Crippen LogP contribution in [0.5, 0.6) is 0 Å². The summed E-state index contributed by atoms with van der Waals surface area (Å²) in [5.74, 6) is -1.55. The number of halogens is 1. The molecule has 2 amide bonds. The SMILES string of the molecule is CC(C)(C)CC(NC(=O)C1CC(=O)Nc2cc(F)ccc21)c1ccccc1. The maximum absolute atomic E-state index is 13.5. The van der Waals surface area contributed by atoms with Crippen LogP contribution < -0.4 is 10.6 Å². The molecular formula is C22H25FN2O2. The van der Waals surface area contributed by atoms with Crippen molar-refractivity contribution in [3.8, 4) is 0 Å². The molecule has 0 radical (unpaired) electrons. The number of carbonyl (C=O) groups is 2. The van der Waals surface area contributed by atoms with Gasteiger partial charge >= 0.3 is 0 Å². The molecule has 0 bridgehead atoms. The minimum absolute atomic E-state index is 0.0127. The number of anilines is 1. The maximum atomic E-state index is 13.5. The Morgan fingerprint density at radius 3 is 2.59 bits per heavy atom. The number of rotatable bonds is 4. The summed E-state index contributed by atoms with van der Waals surface area (Å²) in [4.78, 5) is 25.1. The van der Waals surface area contributed by atoms with Gasteiger partial charge in [0.05, 0.1) is 12.0 Å². The molecule has 0 aromatic heterocycles. The van der Waals surface area contributed by atoms with Crippen molar-refractivity contribution in [2.45, 2.75) is 45.6 Å². The first-order valence-corrected chi connectivity index (χ1v) is 9.17. The fourth-order valence-corrected chi connectivity index (χ4v) is 3.49. The third kappa shape index (κ3) is 4.73. The zero-order valence-corrected chi connectivity index (χ0v) is 15.9. The molecule has 142 valence electrons. The Morgan fingerprint density at radius 2 is 1.93 bits per heavy atom. The Labute approximate surface area is 159 Å². The summed E-state index contributed by atoms with van der Waals surface area (Å²) < 4.78 is 13.5. The van der Waals surface area contributed by atoms with Crippen molar-refractivity contribution in [2.24, 2.45) is 5.41 Å². The third-order valence-electron chi connectivity index (χ3n) is 4.71. The summed E-state index contributed by atoms with van der Waals surface area (Å²) in [6, 6.07) is 13.8. The van der Waals surface area contributed by atoms with Crippen LogP contribution in [0.3, 0.4) is 0 Å². The van der Waals surface area contributed by atoms with Crippen molar-refractivity contribution in [3.05, 3.63) is 65.5 Å². The lowest BCUT2D eigenvalue weighted by Gasteiger charge is -2.30. The number of nitrogens with one attached hydrogen (secondary N) is 2. The van der Waals surface area contributed by atoms with Crippen molar-refractivity contribution < 1.29 is 14.0 Å². The molecule has 0 aliphatic carbocycles. The summed E-state index contributed by atoms with van der Waals surface area (Å²) in [7, 11) is 0. The van der Waals surface area contributed by atoms with Gasteiger partial charge in [-0.2, -0.15) is 0 Å². The Morgan fingerprint density at radius 1 is 1.22 bits per heavy atom. The Bertz CT molecular complexity index is 843. The van der Waals surface area contributed by atoms with Crippen molar-refractivity contribution in [1.82, 2.24) is 5.32 Å². The lowest BCUT2D eigenvalue weighted by atomic mass is 9.84. The third-order valence-corrected chi connectivity index (χ3v) is 4.71. The summed E-state index contributed by atoms with van der Waals surface area (Å²) in [6.45, 7) is 6.38. The van der Waals surface area contributed by atoms with E-state index in [1.165, 1.54) is 12.1 Å². The van der Waals surface area contributed by atoms with Gasteiger partial charge in [-0.25, -0.2) is 4.39 Å². The maximum Gasteiger partial charge on any atom is 0.228 e. The van der Waals surface area contributed by atoms with Crippen LogP contribution in [0.25, 0.3) is 0 Å². The predicted molar refractivity (Wildman–Crippen MR) is 104 cm³/mol. The molecule has 1 aliphatic rings. The van der Waals surface area contributed by atoms with Crippen LogP contribution in [0.2, 0.25) is 0 Å². The number of carbonyl (C=O) groups excluding carboxylic acids is 2. The van der Waals surface area contributed by atoms with Crippen molar-refractivity contribution in [2.75, 3.05) is 5.32 Å². The van der Waals surface area contributed by atoms with E-state index in [2.05, 4.69) is 31.4 Å². The highest BCUT2D eigenvalue weighted by atomic mass is 19.1. The molecule has 1 aliphatic heterocycles. The van der Waals surface area contributed by atoms with Gasteiger partial charge in [-0.15, -0.1) is 0 Å². The molecule has 2 N–H and O–H groups in total. The molecule has 2 atom stereocenters. The first-order valence-electron chi connectivity index (χ1n) is 9.17. The summed E-state index contributed by atoms with van der Waals surface area (Å²) in [6.07, 6.45) is 0.819. The zero-order chi connectivity index (χ0) is 19.6. The van der Waals surface area contributed by atoms with Gasteiger partial charge in [0.25, 0.3) is 0 Å². The number of hydrogen-bond donors (Lipinski definition) is 2. The van der Waals surface area contributed by atoms with E-state index in [9.17, 15) is 14.0 Å². The number of fused-ring (bicyclic) bond motifs is 1. The predicted octanol–water partition coefficient (Wildman–Crippen LogP) is 4.55. The Kier molecular flexibility index (Phi) is 5.31. The summed E-state index contributed by atoms with van der Waals surface area (Å²) in [5, 5.41) is 5.77. The first kappa shape index (κ1) is 19.1. The van der Waals surface area contributed by atoms with E-state index in [-0.39, 0.29) is 29.7 Å². The normalized spacial score (nSPS) is 17.6. The van der Waals surface area contributed by atoms with Crippen LogP contribution in [0.1, 0.15) is 56.7 Å². The van der Waals surface area contributed by atoms with Crippen LogP contribution in [0.4, 0.5) is 10.1 Å². The molecule has 2 aromatic rings. The van der Waals surface area contributed by atoms with E-state index in [4.69, 9.17) is 0 Å². The van der Waals surface area contributed by atoms with E-state index in [1.54, 1.807) is 6.07 Å². The van der Waals surface area contributed by atoms with Crippen LogP contribution in [0.15, 0.2) is 48.5 Å². The Hall–Kier alpha value is -2.69. The van der Waals surface area contributed by atoms with Gasteiger partial charge in [0.15, 0.2) is 0 Å². The van der Waals surface area contributed by atoms with Gasteiger partial charge in [0.2, 0.25) is 11.8 Å². The molecule has 4 nitrogen and oxygen atoms in total. The van der Waals surface area contributed by atoms with Crippen LogP contribution in [-0.2, 0) is 9.59 Å². The molecule has 0 saturated heterocycles. The van der Waals surface area contributed by atoms with Crippen LogP contribution in [0, 0.1) is 11.2 Å². The molecule has 0 fully saturated rings. The van der Waals surface area contributed by atoms with Crippen molar-refractivity contribution >= 4 is 17.5 Å². The fraction of sp³-hybridized carbons (Fsp3) is 0.364. The van der Waals surface area contributed by atoms with E-state index < -0.39 is 11.7 Å². The molecule has 2 aromatic carbocycles. The van der Waals surface area contributed by atoms with Crippen molar-refractivity contribution in [3.63, 3.8) is 0 Å². The highest BCUT2D eigenvalue weighted by Gasteiger charge is 2.33. The molecule has 0 saturated carbocycles. The van der Waals surface area contributed by atoms with E-state index in [1.807, 2.05) is 30.3 Å². The number of benzene rings is 2. The summed E-state index contributed by atoms with van der Waals surface area (Å²) in [5.41, 5.74) is 2.06. The van der Waals surface area contributed by atoms with Gasteiger partial charge in [-0.05, 0) is 35.1 Å². The zero-order valence-electron chi connectivity index (χ0n) is 15.9. The second-order valence-electron chi connectivity index (χ2n) is 8.27. The quantitative estimate of drug-likeness (QED) is 0.832. The summed E-state index contributed by atoms with van der Waals surface area (Å²) >= 11 is 0. The monoisotopic (exact) mass is 368 g/mol. The van der Waals surface area contributed by atoms with E-state index in [0.717, 1.165) is 12.0 Å². The van der Waals surface area contributed by atoms with Crippen molar-refractivity contribution in [1.29, 1.82) is 0 Å². The van der Waals surface area contributed by atoms with Gasteiger partial charge < -0.3 is 10.6 Å². The van der Waals surface area contributed by atoms with E-state index in [0.29, 0.717) is 11.3 Å². The van der Waals surface area contributed by atoms with Gasteiger partial charge in [-0.1, -0.05) is 57.2 Å². The lowest BCUT2D eigenvalue weighted by molar-refractivity contribution is -0.127. The van der Waals surface area contributed by atoms with E-state index >= 15 is 0 Å². The highest BCUT2D eigenvalue weighted by Crippen LogP contribution is 2.35. The van der Waals surface area contributed by atoms with Gasteiger partial charge in [-0.3, -0.25) is 9.59 Å². The second-order valence-corrected chi connectivity index (χ2v) is 8.27. The smallest absolute Gasteiger partial charge is 0.228 e. The largest absolute Gasteiger partial charge is 0.349 e. The molecular weight excluding hydrogens is 343 g/mol. The molecule has 0 spiro atoms. The Balaban J connectivity index is 1.87. The average molecular weight is 368 g/mol. The second kappa shape index (κ2) is 7.51.